The molecule has 29 heavy (non-hydrogen) atoms. The lowest BCUT2D eigenvalue weighted by molar-refractivity contribution is 0.0733. The van der Waals surface area contributed by atoms with Crippen molar-refractivity contribution in [3.63, 3.8) is 0 Å². The lowest BCUT2D eigenvalue weighted by atomic mass is 9.98. The van der Waals surface area contributed by atoms with Gasteiger partial charge in [-0.1, -0.05) is 29.8 Å². The molecule has 5 nitrogen and oxygen atoms in total. The van der Waals surface area contributed by atoms with E-state index in [1.165, 1.54) is 6.07 Å². The fraction of sp³-hybridized carbons (Fsp3) is 0.455. The molecule has 1 aromatic heterocycles. The van der Waals surface area contributed by atoms with Crippen molar-refractivity contribution in [2.45, 2.75) is 26.7 Å². The molecule has 2 aromatic rings. The average Bonchev–Trinajstić information content (AvgIpc) is 2.71. The van der Waals surface area contributed by atoms with Gasteiger partial charge >= 0.3 is 6.09 Å². The lowest BCUT2D eigenvalue weighted by Gasteiger charge is -2.31. The Balaban J connectivity index is 1.46. The molecule has 0 radical (unpaired) electrons. The second-order valence-corrected chi connectivity index (χ2v) is 8.63. The zero-order valence-corrected chi connectivity index (χ0v) is 18.3. The molecule has 0 bridgehead atoms. The number of carbonyl (C=O) groups is 1. The summed E-state index contributed by atoms with van der Waals surface area (Å²) in [6, 6.07) is 8.47. The van der Waals surface area contributed by atoms with Crippen LogP contribution in [0.1, 0.15) is 26.7 Å². The van der Waals surface area contributed by atoms with Crippen LogP contribution in [0.5, 0.6) is 5.75 Å². The van der Waals surface area contributed by atoms with Gasteiger partial charge in [-0.05, 0) is 55.0 Å². The number of piperidine rings is 1. The number of hydrogen-bond acceptors (Lipinski definition) is 4. The van der Waals surface area contributed by atoms with Crippen LogP contribution in [0.2, 0.25) is 0 Å². The van der Waals surface area contributed by atoms with Gasteiger partial charge in [-0.3, -0.25) is 4.98 Å². The maximum atomic E-state index is 14.1. The molecule has 2 heterocycles. The summed E-state index contributed by atoms with van der Waals surface area (Å²) in [6.07, 6.45) is 3.16. The first-order valence-electron chi connectivity index (χ1n) is 9.88. The van der Waals surface area contributed by atoms with Gasteiger partial charge in [0.25, 0.3) is 0 Å². The standard InChI is InChI=1S/C22H26BrFN2O3/c1-15(2)13-29-22(27)26-9-7-16(8-10-26)14-28-18-4-6-21(25-12-18)19-5-3-17(23)11-20(19)24/h3-6,11-12,15-16H,7-10,13-14H2,1-2H3. The van der Waals surface area contributed by atoms with Crippen LogP contribution in [-0.2, 0) is 4.74 Å². The highest BCUT2D eigenvalue weighted by Gasteiger charge is 2.24. The number of rotatable bonds is 6. The molecule has 0 unspecified atom stereocenters. The van der Waals surface area contributed by atoms with Gasteiger partial charge in [-0.2, -0.15) is 0 Å². The molecule has 0 N–H and O–H groups in total. The zero-order chi connectivity index (χ0) is 20.8. The molecular formula is C22H26BrFN2O3. The van der Waals surface area contributed by atoms with Gasteiger partial charge in [0.2, 0.25) is 0 Å². The van der Waals surface area contributed by atoms with Crippen LogP contribution < -0.4 is 4.74 Å². The molecule has 1 aliphatic rings. The first-order valence-corrected chi connectivity index (χ1v) is 10.7. The highest BCUT2D eigenvalue weighted by Crippen LogP contribution is 2.26. The number of aromatic nitrogens is 1. The zero-order valence-electron chi connectivity index (χ0n) is 16.7. The van der Waals surface area contributed by atoms with E-state index in [4.69, 9.17) is 9.47 Å². The van der Waals surface area contributed by atoms with E-state index in [2.05, 4.69) is 20.9 Å². The third kappa shape index (κ3) is 6.16. The van der Waals surface area contributed by atoms with Crippen LogP contribution in [0.25, 0.3) is 11.3 Å². The molecule has 0 atom stereocenters. The van der Waals surface area contributed by atoms with Crippen molar-refractivity contribution in [3.8, 4) is 17.0 Å². The minimum Gasteiger partial charge on any atom is -0.492 e. The number of hydrogen-bond donors (Lipinski definition) is 0. The minimum atomic E-state index is -0.320. The minimum absolute atomic E-state index is 0.224. The molecule has 1 aliphatic heterocycles. The topological polar surface area (TPSA) is 51.7 Å². The summed E-state index contributed by atoms with van der Waals surface area (Å²) in [5, 5.41) is 0. The lowest BCUT2D eigenvalue weighted by Crippen LogP contribution is -2.40. The summed E-state index contributed by atoms with van der Waals surface area (Å²) in [7, 11) is 0. The predicted octanol–water partition coefficient (Wildman–Crippen LogP) is 5.53. The SMILES string of the molecule is CC(C)COC(=O)N1CCC(COc2ccc(-c3ccc(Br)cc3F)nc2)CC1. The van der Waals surface area contributed by atoms with Gasteiger partial charge in [0.15, 0.2) is 0 Å². The molecular weight excluding hydrogens is 439 g/mol. The first-order chi connectivity index (χ1) is 13.9. The van der Waals surface area contributed by atoms with Crippen LogP contribution in [-0.4, -0.2) is 42.3 Å². The summed E-state index contributed by atoms with van der Waals surface area (Å²) < 4.78 is 25.9. The number of amides is 1. The Labute approximate surface area is 179 Å². The highest BCUT2D eigenvalue weighted by molar-refractivity contribution is 9.10. The molecule has 1 amide bonds. The molecule has 1 fully saturated rings. The fourth-order valence-electron chi connectivity index (χ4n) is 3.15. The van der Waals surface area contributed by atoms with E-state index in [9.17, 15) is 9.18 Å². The Morgan fingerprint density at radius 3 is 2.66 bits per heavy atom. The second kappa shape index (κ2) is 10.1. The average molecular weight is 465 g/mol. The fourth-order valence-corrected chi connectivity index (χ4v) is 3.48. The van der Waals surface area contributed by atoms with Gasteiger partial charge < -0.3 is 14.4 Å². The van der Waals surface area contributed by atoms with Crippen molar-refractivity contribution < 1.29 is 18.7 Å². The van der Waals surface area contributed by atoms with Crippen molar-refractivity contribution in [3.05, 3.63) is 46.8 Å². The molecule has 7 heteroatoms. The van der Waals surface area contributed by atoms with Crippen LogP contribution in [0, 0.1) is 17.7 Å². The van der Waals surface area contributed by atoms with E-state index in [-0.39, 0.29) is 11.9 Å². The largest absolute Gasteiger partial charge is 0.492 e. The predicted molar refractivity (Wildman–Crippen MR) is 113 cm³/mol. The van der Waals surface area contributed by atoms with Crippen molar-refractivity contribution in [1.82, 2.24) is 9.88 Å². The maximum absolute atomic E-state index is 14.1. The number of nitrogens with zero attached hydrogens (tertiary/aromatic N) is 2. The molecule has 0 saturated carbocycles. The second-order valence-electron chi connectivity index (χ2n) is 7.72. The van der Waals surface area contributed by atoms with Crippen molar-refractivity contribution in [1.29, 1.82) is 0 Å². The molecule has 0 spiro atoms. The van der Waals surface area contributed by atoms with Gasteiger partial charge in [-0.15, -0.1) is 0 Å². The third-order valence-electron chi connectivity index (χ3n) is 4.84. The number of ether oxygens (including phenoxy) is 2. The van der Waals surface area contributed by atoms with Crippen molar-refractivity contribution >= 4 is 22.0 Å². The third-order valence-corrected chi connectivity index (χ3v) is 5.34. The monoisotopic (exact) mass is 464 g/mol. The number of pyridine rings is 1. The quantitative estimate of drug-likeness (QED) is 0.563. The van der Waals surface area contributed by atoms with Crippen molar-refractivity contribution in [2.24, 2.45) is 11.8 Å². The van der Waals surface area contributed by atoms with E-state index in [1.54, 1.807) is 29.3 Å². The van der Waals surface area contributed by atoms with Gasteiger partial charge in [0.1, 0.15) is 11.6 Å². The molecule has 156 valence electrons. The smallest absolute Gasteiger partial charge is 0.409 e. The molecule has 0 aliphatic carbocycles. The summed E-state index contributed by atoms with van der Waals surface area (Å²) in [5.41, 5.74) is 1.02. The normalized spacial score (nSPS) is 14.9. The van der Waals surface area contributed by atoms with E-state index in [0.717, 1.165) is 12.8 Å². The van der Waals surface area contributed by atoms with Crippen LogP contribution in [0.15, 0.2) is 41.0 Å². The molecule has 1 saturated heterocycles. The van der Waals surface area contributed by atoms with Crippen LogP contribution in [0.3, 0.4) is 0 Å². The Morgan fingerprint density at radius 2 is 2.03 bits per heavy atom. The summed E-state index contributed by atoms with van der Waals surface area (Å²) in [6.45, 7) is 6.44. The van der Waals surface area contributed by atoms with Gasteiger partial charge in [-0.25, -0.2) is 9.18 Å². The van der Waals surface area contributed by atoms with E-state index in [1.807, 2.05) is 19.9 Å². The Kier molecular flexibility index (Phi) is 7.47. The summed E-state index contributed by atoms with van der Waals surface area (Å²) in [5.74, 6) is 1.06. The Hall–Kier alpha value is -2.15. The first kappa shape index (κ1) is 21.6. The molecule has 3 rings (SSSR count). The van der Waals surface area contributed by atoms with E-state index in [0.29, 0.717) is 59.6 Å². The van der Waals surface area contributed by atoms with Gasteiger partial charge in [0, 0.05) is 23.1 Å². The number of halogens is 2. The van der Waals surface area contributed by atoms with E-state index < -0.39 is 0 Å². The maximum Gasteiger partial charge on any atom is 0.409 e. The summed E-state index contributed by atoms with van der Waals surface area (Å²) >= 11 is 3.25. The van der Waals surface area contributed by atoms with Crippen molar-refractivity contribution in [2.75, 3.05) is 26.3 Å². The molecule has 1 aromatic carbocycles. The highest BCUT2D eigenvalue weighted by atomic mass is 79.9. The number of carbonyl (C=O) groups excluding carboxylic acids is 1. The van der Waals surface area contributed by atoms with E-state index >= 15 is 0 Å². The van der Waals surface area contributed by atoms with Gasteiger partial charge in [0.05, 0.1) is 25.1 Å². The Morgan fingerprint density at radius 1 is 1.28 bits per heavy atom. The summed E-state index contributed by atoms with van der Waals surface area (Å²) in [4.78, 5) is 18.1. The number of benzene rings is 1. The Bertz CT molecular complexity index is 821. The van der Waals surface area contributed by atoms with Crippen LogP contribution in [0.4, 0.5) is 9.18 Å². The van der Waals surface area contributed by atoms with Crippen LogP contribution >= 0.6 is 15.9 Å². The number of likely N-dealkylation sites (tertiary alicyclic amines) is 1.